The van der Waals surface area contributed by atoms with Gasteiger partial charge in [0.05, 0.1) is 19.8 Å². The van der Waals surface area contributed by atoms with Crippen LogP contribution >= 0.6 is 11.6 Å². The van der Waals surface area contributed by atoms with E-state index in [9.17, 15) is 18.0 Å². The summed E-state index contributed by atoms with van der Waals surface area (Å²) in [6.45, 7) is 0.462. The van der Waals surface area contributed by atoms with Crippen molar-refractivity contribution in [2.75, 3.05) is 26.9 Å². The number of ether oxygens (including phenoxy) is 2. The van der Waals surface area contributed by atoms with E-state index in [4.69, 9.17) is 21.1 Å². The predicted molar refractivity (Wildman–Crippen MR) is 73.6 cm³/mol. The van der Waals surface area contributed by atoms with E-state index in [-0.39, 0.29) is 18.8 Å². The van der Waals surface area contributed by atoms with E-state index in [0.29, 0.717) is 16.5 Å². The molecule has 1 aromatic rings. The fourth-order valence-corrected chi connectivity index (χ4v) is 2.39. The minimum absolute atomic E-state index is 0.0473. The lowest BCUT2D eigenvalue weighted by atomic mass is 10.0. The lowest BCUT2D eigenvalue weighted by Gasteiger charge is -2.33. The van der Waals surface area contributed by atoms with Crippen molar-refractivity contribution in [1.29, 1.82) is 0 Å². The summed E-state index contributed by atoms with van der Waals surface area (Å²) in [6, 6.07) is 3.15. The van der Waals surface area contributed by atoms with Crippen LogP contribution in [0.4, 0.5) is 13.2 Å². The Morgan fingerprint density at radius 2 is 1.95 bits per heavy atom. The van der Waals surface area contributed by atoms with Crippen LogP contribution in [0.15, 0.2) is 24.3 Å². The number of halogens is 4. The number of alkyl halides is 3. The molecule has 8 heteroatoms. The van der Waals surface area contributed by atoms with Gasteiger partial charge in [-0.15, -0.1) is 0 Å². The Labute approximate surface area is 130 Å². The van der Waals surface area contributed by atoms with Crippen LogP contribution in [0.25, 0.3) is 0 Å². The van der Waals surface area contributed by atoms with Crippen molar-refractivity contribution in [3.05, 3.63) is 34.9 Å². The fraction of sp³-hybridized carbons (Fsp3) is 0.500. The Bertz CT molecular complexity index is 515. The van der Waals surface area contributed by atoms with Crippen LogP contribution in [0.5, 0.6) is 0 Å². The van der Waals surface area contributed by atoms with Gasteiger partial charge in [-0.05, 0) is 17.7 Å². The number of carbonyl (C=O) groups excluding carboxylic acids is 1. The molecule has 122 valence electrons. The summed E-state index contributed by atoms with van der Waals surface area (Å²) in [7, 11) is 1.10. The SMILES string of the molecule is CN(C(=O)[C@@H]1COCCO1)[C@H](c1ccc(Cl)cc1)C(F)(F)F. The van der Waals surface area contributed by atoms with Crippen LogP contribution in [-0.2, 0) is 14.3 Å². The molecule has 0 spiro atoms. The predicted octanol–water partition coefficient (Wildman–Crippen LogP) is 2.82. The van der Waals surface area contributed by atoms with Crippen molar-refractivity contribution in [2.24, 2.45) is 0 Å². The van der Waals surface area contributed by atoms with E-state index in [2.05, 4.69) is 0 Å². The summed E-state index contributed by atoms with van der Waals surface area (Å²) in [5.74, 6) is -0.767. The molecule has 1 aliphatic rings. The highest BCUT2D eigenvalue weighted by atomic mass is 35.5. The summed E-state index contributed by atoms with van der Waals surface area (Å²) >= 11 is 5.70. The normalized spacial score (nSPS) is 20.5. The lowest BCUT2D eigenvalue weighted by Crippen LogP contribution is -2.48. The highest BCUT2D eigenvalue weighted by Gasteiger charge is 2.46. The Morgan fingerprint density at radius 1 is 1.32 bits per heavy atom. The van der Waals surface area contributed by atoms with Crippen molar-refractivity contribution in [3.8, 4) is 0 Å². The second kappa shape index (κ2) is 6.85. The Balaban J connectivity index is 2.24. The molecular weight excluding hydrogens is 323 g/mol. The molecule has 0 aliphatic carbocycles. The molecule has 2 rings (SSSR count). The average Bonchev–Trinajstić information content (AvgIpc) is 2.48. The summed E-state index contributed by atoms with van der Waals surface area (Å²) in [5.41, 5.74) is -0.0653. The first kappa shape index (κ1) is 17.1. The van der Waals surface area contributed by atoms with Crippen LogP contribution in [0.3, 0.4) is 0 Å². The molecule has 1 heterocycles. The molecule has 0 saturated carbocycles. The molecule has 22 heavy (non-hydrogen) atoms. The zero-order chi connectivity index (χ0) is 16.3. The number of likely N-dealkylation sites (N-methyl/N-ethyl adjacent to an activating group) is 1. The van der Waals surface area contributed by atoms with Crippen LogP contribution in [0.1, 0.15) is 11.6 Å². The van der Waals surface area contributed by atoms with Gasteiger partial charge in [-0.1, -0.05) is 23.7 Å². The molecular formula is C14H15ClF3NO3. The first-order valence-corrected chi connectivity index (χ1v) is 6.96. The Morgan fingerprint density at radius 3 is 2.45 bits per heavy atom. The van der Waals surface area contributed by atoms with Gasteiger partial charge in [-0.25, -0.2) is 0 Å². The van der Waals surface area contributed by atoms with E-state index < -0.39 is 24.2 Å². The first-order valence-electron chi connectivity index (χ1n) is 6.59. The quantitative estimate of drug-likeness (QED) is 0.851. The summed E-state index contributed by atoms with van der Waals surface area (Å²) in [4.78, 5) is 12.9. The topological polar surface area (TPSA) is 38.8 Å². The largest absolute Gasteiger partial charge is 0.413 e. The van der Waals surface area contributed by atoms with Gasteiger partial charge in [0.2, 0.25) is 0 Å². The molecule has 2 atom stereocenters. The maximum Gasteiger partial charge on any atom is 0.413 e. The van der Waals surface area contributed by atoms with Crippen LogP contribution in [0, 0.1) is 0 Å². The number of hydrogen-bond acceptors (Lipinski definition) is 3. The maximum absolute atomic E-state index is 13.4. The highest BCUT2D eigenvalue weighted by molar-refractivity contribution is 6.30. The second-order valence-electron chi connectivity index (χ2n) is 4.88. The van der Waals surface area contributed by atoms with Gasteiger partial charge in [0.15, 0.2) is 12.1 Å². The van der Waals surface area contributed by atoms with Gasteiger partial charge in [0.1, 0.15) is 0 Å². The molecule has 1 amide bonds. The summed E-state index contributed by atoms with van der Waals surface area (Å²) < 4.78 is 50.4. The van der Waals surface area contributed by atoms with E-state index in [1.54, 1.807) is 0 Å². The molecule has 0 N–H and O–H groups in total. The maximum atomic E-state index is 13.4. The van der Waals surface area contributed by atoms with Crippen molar-refractivity contribution in [2.45, 2.75) is 18.3 Å². The molecule has 1 aromatic carbocycles. The molecule has 1 fully saturated rings. The lowest BCUT2D eigenvalue weighted by molar-refractivity contribution is -0.197. The highest BCUT2D eigenvalue weighted by Crippen LogP contribution is 2.37. The Hall–Kier alpha value is -1.31. The minimum atomic E-state index is -4.62. The van der Waals surface area contributed by atoms with Crippen molar-refractivity contribution >= 4 is 17.5 Å². The van der Waals surface area contributed by atoms with Crippen molar-refractivity contribution < 1.29 is 27.4 Å². The number of benzene rings is 1. The molecule has 1 aliphatic heterocycles. The van der Waals surface area contributed by atoms with Gasteiger partial charge in [0.25, 0.3) is 5.91 Å². The van der Waals surface area contributed by atoms with Gasteiger partial charge in [-0.2, -0.15) is 13.2 Å². The van der Waals surface area contributed by atoms with Crippen LogP contribution in [-0.4, -0.2) is 50.0 Å². The molecule has 0 bridgehead atoms. The number of nitrogens with zero attached hydrogens (tertiary/aromatic N) is 1. The van der Waals surface area contributed by atoms with Crippen molar-refractivity contribution in [3.63, 3.8) is 0 Å². The summed E-state index contributed by atoms with van der Waals surface area (Å²) in [6.07, 6.45) is -5.63. The monoisotopic (exact) mass is 337 g/mol. The van der Waals surface area contributed by atoms with Crippen LogP contribution < -0.4 is 0 Å². The zero-order valence-electron chi connectivity index (χ0n) is 11.8. The van der Waals surface area contributed by atoms with Crippen LogP contribution in [0.2, 0.25) is 5.02 Å². The molecule has 4 nitrogen and oxygen atoms in total. The number of amides is 1. The van der Waals surface area contributed by atoms with Gasteiger partial charge < -0.3 is 14.4 Å². The fourth-order valence-electron chi connectivity index (χ4n) is 2.26. The van der Waals surface area contributed by atoms with Gasteiger partial charge >= 0.3 is 6.18 Å². The number of rotatable bonds is 3. The van der Waals surface area contributed by atoms with E-state index >= 15 is 0 Å². The third kappa shape index (κ3) is 3.91. The van der Waals surface area contributed by atoms with Gasteiger partial charge in [-0.3, -0.25) is 4.79 Å². The molecule has 0 unspecified atom stereocenters. The minimum Gasteiger partial charge on any atom is -0.376 e. The first-order chi connectivity index (χ1) is 10.3. The zero-order valence-corrected chi connectivity index (χ0v) is 12.5. The molecule has 0 aromatic heterocycles. The third-order valence-electron chi connectivity index (χ3n) is 3.32. The summed E-state index contributed by atoms with van der Waals surface area (Å²) in [5, 5.41) is 0.322. The standard InChI is InChI=1S/C14H15ClF3NO3/c1-19(13(20)11-8-21-6-7-22-11)12(14(16,17)18)9-2-4-10(15)5-3-9/h2-5,11-12H,6-8H2,1H3/t11-,12+/m0/s1. The number of carbonyl (C=O) groups is 1. The van der Waals surface area contributed by atoms with E-state index in [1.165, 1.54) is 24.3 Å². The number of hydrogen-bond donors (Lipinski definition) is 0. The molecule has 0 radical (unpaired) electrons. The van der Waals surface area contributed by atoms with E-state index in [1.807, 2.05) is 0 Å². The van der Waals surface area contributed by atoms with Gasteiger partial charge in [0, 0.05) is 12.1 Å². The third-order valence-corrected chi connectivity index (χ3v) is 3.57. The second-order valence-corrected chi connectivity index (χ2v) is 5.32. The molecule has 1 saturated heterocycles. The average molecular weight is 338 g/mol. The van der Waals surface area contributed by atoms with Crippen molar-refractivity contribution in [1.82, 2.24) is 4.90 Å². The smallest absolute Gasteiger partial charge is 0.376 e. The Kier molecular flexibility index (Phi) is 5.31. The van der Waals surface area contributed by atoms with E-state index in [0.717, 1.165) is 7.05 Å².